The van der Waals surface area contributed by atoms with Crippen LogP contribution in [0.5, 0.6) is 0 Å². The quantitative estimate of drug-likeness (QED) is 0.860. The summed E-state index contributed by atoms with van der Waals surface area (Å²) in [4.78, 5) is 15.4. The number of nitrogens with one attached hydrogen (secondary N) is 2. The number of thiophene rings is 1. The van der Waals surface area contributed by atoms with Crippen LogP contribution in [0.1, 0.15) is 0 Å². The van der Waals surface area contributed by atoms with E-state index in [4.69, 9.17) is 0 Å². The molecule has 2 aromatic heterocycles. The molecule has 0 atom stereocenters. The summed E-state index contributed by atoms with van der Waals surface area (Å²) in [5.74, 6) is -0.0849. The Kier molecular flexibility index (Phi) is 3.31. The van der Waals surface area contributed by atoms with E-state index in [1.165, 1.54) is 11.3 Å². The van der Waals surface area contributed by atoms with E-state index in [1.807, 2.05) is 22.9 Å². The standard InChI is InChI=1S/C9H9N3OS2/c13-7(12-9-10-3-5-15-9)6-11-8-2-1-4-14-8/h1-5,11H,6H2,(H,10,12,13). The van der Waals surface area contributed by atoms with Gasteiger partial charge in [-0.05, 0) is 17.5 Å². The molecule has 1 amide bonds. The van der Waals surface area contributed by atoms with E-state index in [0.29, 0.717) is 5.13 Å². The fourth-order valence-electron chi connectivity index (χ4n) is 0.995. The summed E-state index contributed by atoms with van der Waals surface area (Å²) >= 11 is 2.98. The first kappa shape index (κ1) is 10.1. The molecule has 6 heteroatoms. The van der Waals surface area contributed by atoms with Crippen LogP contribution in [0.25, 0.3) is 0 Å². The summed E-state index contributed by atoms with van der Waals surface area (Å²) in [6, 6.07) is 3.87. The number of amides is 1. The molecule has 2 aromatic rings. The van der Waals surface area contributed by atoms with E-state index >= 15 is 0 Å². The van der Waals surface area contributed by atoms with Crippen molar-refractivity contribution in [3.05, 3.63) is 29.1 Å². The molecule has 0 radical (unpaired) electrons. The van der Waals surface area contributed by atoms with Gasteiger partial charge in [-0.2, -0.15) is 0 Å². The van der Waals surface area contributed by atoms with Crippen LogP contribution in [0.15, 0.2) is 29.1 Å². The van der Waals surface area contributed by atoms with Crippen LogP contribution >= 0.6 is 22.7 Å². The fraction of sp³-hybridized carbons (Fsp3) is 0.111. The molecule has 0 bridgehead atoms. The van der Waals surface area contributed by atoms with Gasteiger partial charge in [0.15, 0.2) is 5.13 Å². The first-order valence-electron chi connectivity index (χ1n) is 4.31. The van der Waals surface area contributed by atoms with E-state index in [2.05, 4.69) is 15.6 Å². The molecular weight excluding hydrogens is 230 g/mol. The van der Waals surface area contributed by atoms with Gasteiger partial charge in [0.1, 0.15) is 0 Å². The maximum atomic E-state index is 11.4. The number of rotatable bonds is 4. The largest absolute Gasteiger partial charge is 0.368 e. The van der Waals surface area contributed by atoms with E-state index in [9.17, 15) is 4.79 Å². The molecule has 4 nitrogen and oxygen atoms in total. The number of aromatic nitrogens is 1. The van der Waals surface area contributed by atoms with Gasteiger partial charge in [0.05, 0.1) is 11.5 Å². The minimum absolute atomic E-state index is 0.0849. The molecule has 2 N–H and O–H groups in total. The van der Waals surface area contributed by atoms with Crippen LogP contribution in [0, 0.1) is 0 Å². The maximum Gasteiger partial charge on any atom is 0.245 e. The molecule has 0 saturated carbocycles. The number of carbonyl (C=O) groups is 1. The first-order valence-corrected chi connectivity index (χ1v) is 6.07. The minimum Gasteiger partial charge on any atom is -0.368 e. The lowest BCUT2D eigenvalue weighted by Crippen LogP contribution is -2.21. The summed E-state index contributed by atoms with van der Waals surface area (Å²) in [6.45, 7) is 0.264. The third-order valence-corrected chi connectivity index (χ3v) is 3.14. The van der Waals surface area contributed by atoms with Gasteiger partial charge in [-0.25, -0.2) is 4.98 Å². The summed E-state index contributed by atoms with van der Waals surface area (Å²) < 4.78 is 0. The highest BCUT2D eigenvalue weighted by atomic mass is 32.1. The zero-order chi connectivity index (χ0) is 10.5. The Balaban J connectivity index is 1.78. The SMILES string of the molecule is O=C(CNc1cccs1)Nc1nccs1. The van der Waals surface area contributed by atoms with E-state index < -0.39 is 0 Å². The van der Waals surface area contributed by atoms with E-state index in [0.717, 1.165) is 5.00 Å². The number of carbonyl (C=O) groups excluding carboxylic acids is 1. The van der Waals surface area contributed by atoms with Crippen LogP contribution in [-0.4, -0.2) is 17.4 Å². The number of hydrogen-bond acceptors (Lipinski definition) is 5. The Bertz CT molecular complexity index is 411. The van der Waals surface area contributed by atoms with Crippen molar-refractivity contribution in [3.8, 4) is 0 Å². The molecule has 0 unspecified atom stereocenters. The zero-order valence-electron chi connectivity index (χ0n) is 7.77. The van der Waals surface area contributed by atoms with Crippen LogP contribution < -0.4 is 10.6 Å². The highest BCUT2D eigenvalue weighted by molar-refractivity contribution is 7.14. The molecule has 0 spiro atoms. The topological polar surface area (TPSA) is 54.0 Å². The number of nitrogens with zero attached hydrogens (tertiary/aromatic N) is 1. The van der Waals surface area contributed by atoms with E-state index in [-0.39, 0.29) is 12.5 Å². The van der Waals surface area contributed by atoms with Crippen molar-refractivity contribution >= 4 is 38.7 Å². The Morgan fingerprint density at radius 3 is 3.00 bits per heavy atom. The van der Waals surface area contributed by atoms with Crippen LogP contribution in [0.3, 0.4) is 0 Å². The minimum atomic E-state index is -0.0849. The van der Waals surface area contributed by atoms with Crippen molar-refractivity contribution < 1.29 is 4.79 Å². The Morgan fingerprint density at radius 1 is 1.40 bits per heavy atom. The fourth-order valence-corrected chi connectivity index (χ4v) is 2.16. The molecule has 0 aliphatic carbocycles. The zero-order valence-corrected chi connectivity index (χ0v) is 9.40. The molecule has 0 aromatic carbocycles. The summed E-state index contributed by atoms with van der Waals surface area (Å²) in [7, 11) is 0. The normalized spacial score (nSPS) is 9.87. The van der Waals surface area contributed by atoms with Gasteiger partial charge >= 0.3 is 0 Å². The molecule has 0 aliphatic rings. The summed E-state index contributed by atoms with van der Waals surface area (Å²) in [5, 5.41) is 11.1. The second-order valence-electron chi connectivity index (χ2n) is 2.72. The van der Waals surface area contributed by atoms with Crippen molar-refractivity contribution in [2.24, 2.45) is 0 Å². The molecule has 15 heavy (non-hydrogen) atoms. The van der Waals surface area contributed by atoms with Crippen molar-refractivity contribution in [2.45, 2.75) is 0 Å². The lowest BCUT2D eigenvalue weighted by Gasteiger charge is -2.02. The Morgan fingerprint density at radius 2 is 2.33 bits per heavy atom. The highest BCUT2D eigenvalue weighted by Gasteiger charge is 2.03. The van der Waals surface area contributed by atoms with Crippen molar-refractivity contribution in [1.82, 2.24) is 4.98 Å². The van der Waals surface area contributed by atoms with Gasteiger partial charge in [0, 0.05) is 11.6 Å². The van der Waals surface area contributed by atoms with Gasteiger partial charge in [0.25, 0.3) is 0 Å². The monoisotopic (exact) mass is 239 g/mol. The molecule has 0 fully saturated rings. The summed E-state index contributed by atoms with van der Waals surface area (Å²) in [5.41, 5.74) is 0. The molecule has 0 aliphatic heterocycles. The molecular formula is C9H9N3OS2. The number of anilines is 2. The molecule has 0 saturated heterocycles. The predicted octanol–water partition coefficient (Wildman–Crippen LogP) is 2.26. The third kappa shape index (κ3) is 3.03. The van der Waals surface area contributed by atoms with Crippen molar-refractivity contribution in [1.29, 1.82) is 0 Å². The van der Waals surface area contributed by atoms with Crippen molar-refractivity contribution in [3.63, 3.8) is 0 Å². The molecule has 2 heterocycles. The predicted molar refractivity (Wildman–Crippen MR) is 63.6 cm³/mol. The Labute approximate surface area is 95.0 Å². The molecule has 78 valence electrons. The third-order valence-electron chi connectivity index (χ3n) is 1.62. The smallest absolute Gasteiger partial charge is 0.245 e. The van der Waals surface area contributed by atoms with Crippen LogP contribution in [0.4, 0.5) is 10.1 Å². The van der Waals surface area contributed by atoms with Crippen LogP contribution in [-0.2, 0) is 4.79 Å². The first-order chi connectivity index (χ1) is 7.34. The average molecular weight is 239 g/mol. The van der Waals surface area contributed by atoms with Gasteiger partial charge in [-0.3, -0.25) is 4.79 Å². The lowest BCUT2D eigenvalue weighted by molar-refractivity contribution is -0.114. The van der Waals surface area contributed by atoms with Gasteiger partial charge in [0.2, 0.25) is 5.91 Å². The second-order valence-corrected chi connectivity index (χ2v) is 4.56. The van der Waals surface area contributed by atoms with Crippen molar-refractivity contribution in [2.75, 3.05) is 17.2 Å². The van der Waals surface area contributed by atoms with Gasteiger partial charge in [-0.1, -0.05) is 0 Å². The highest BCUT2D eigenvalue weighted by Crippen LogP contribution is 2.14. The second kappa shape index (κ2) is 4.90. The Hall–Kier alpha value is -1.40. The van der Waals surface area contributed by atoms with Gasteiger partial charge < -0.3 is 10.6 Å². The number of hydrogen-bond donors (Lipinski definition) is 2. The van der Waals surface area contributed by atoms with Crippen LogP contribution in [0.2, 0.25) is 0 Å². The maximum absolute atomic E-state index is 11.4. The van der Waals surface area contributed by atoms with E-state index in [1.54, 1.807) is 17.5 Å². The number of thiazole rings is 1. The molecule has 2 rings (SSSR count). The lowest BCUT2D eigenvalue weighted by atomic mass is 10.5. The van der Waals surface area contributed by atoms with Gasteiger partial charge in [-0.15, -0.1) is 22.7 Å². The average Bonchev–Trinajstić information content (AvgIpc) is 2.86. The summed E-state index contributed by atoms with van der Waals surface area (Å²) in [6.07, 6.45) is 1.66.